The fraction of sp³-hybridized carbons (Fsp3) is 0.824. The number of amides is 1. The van der Waals surface area contributed by atoms with Crippen molar-refractivity contribution < 1.29 is 29.0 Å². The summed E-state index contributed by atoms with van der Waals surface area (Å²) in [4.78, 5) is 38.5. The number of carbonyl (C=O) groups excluding carboxylic acids is 3. The van der Waals surface area contributed by atoms with Crippen molar-refractivity contribution in [2.45, 2.75) is 91.0 Å². The first-order valence-corrected chi connectivity index (χ1v) is 9.34. The molecule has 2 atom stereocenters. The normalized spacial score (nSPS) is 14.0. The average Bonchev–Trinajstić information content (AvgIpc) is 2.41. The van der Waals surface area contributed by atoms with Crippen molar-refractivity contribution >= 4 is 28.9 Å². The van der Waals surface area contributed by atoms with Gasteiger partial charge in [-0.25, -0.2) is 4.79 Å². The summed E-state index contributed by atoms with van der Waals surface area (Å²) >= 11 is 0.585. The summed E-state index contributed by atoms with van der Waals surface area (Å²) in [5, 5.41) is 8.45. The van der Waals surface area contributed by atoms with Crippen LogP contribution < -0.4 is 0 Å². The van der Waals surface area contributed by atoms with E-state index in [9.17, 15) is 19.5 Å². The number of rotatable bonds is 8. The first-order chi connectivity index (χ1) is 11.4. The van der Waals surface area contributed by atoms with Crippen molar-refractivity contribution in [3.63, 3.8) is 0 Å². The van der Waals surface area contributed by atoms with Crippen LogP contribution in [0.5, 0.6) is 0 Å². The fourth-order valence-corrected chi connectivity index (χ4v) is 3.31. The fourth-order valence-electron chi connectivity index (χ4n) is 2.15. The quantitative estimate of drug-likeness (QED) is 0.650. The highest BCUT2D eigenvalue weighted by Gasteiger charge is 2.39. The largest absolute Gasteiger partial charge is 0.462 e. The van der Waals surface area contributed by atoms with Crippen LogP contribution >= 0.6 is 11.8 Å². The number of thioether (sulfide) groups is 1. The van der Waals surface area contributed by atoms with Gasteiger partial charge < -0.3 is 19.5 Å². The van der Waals surface area contributed by atoms with Gasteiger partial charge in [-0.1, -0.05) is 0 Å². The number of hydrogen-bond donors (Lipinski definition) is 1. The number of ether oxygens (including phenoxy) is 2. The minimum atomic E-state index is -1.79. The monoisotopic (exact) mass is 377 g/mol. The molecule has 0 spiro atoms. The molecule has 8 heteroatoms. The molecule has 0 aliphatic heterocycles. The van der Waals surface area contributed by atoms with Gasteiger partial charge in [0.1, 0.15) is 5.25 Å². The Bertz CT molecular complexity index is 456. The van der Waals surface area contributed by atoms with E-state index in [-0.39, 0.29) is 12.1 Å². The van der Waals surface area contributed by atoms with Crippen LogP contribution in [0.25, 0.3) is 0 Å². The van der Waals surface area contributed by atoms with E-state index >= 15 is 0 Å². The van der Waals surface area contributed by atoms with Crippen LogP contribution in [0.2, 0.25) is 0 Å². The number of aliphatic hydroxyl groups is 1. The van der Waals surface area contributed by atoms with Crippen molar-refractivity contribution in [3.05, 3.63) is 0 Å². The van der Waals surface area contributed by atoms with E-state index in [1.807, 2.05) is 27.7 Å². The molecular weight excluding hydrogens is 346 g/mol. The van der Waals surface area contributed by atoms with Gasteiger partial charge in [0, 0.05) is 12.1 Å². The Kier molecular flexibility index (Phi) is 10.1. The second-order valence-corrected chi connectivity index (χ2v) is 7.91. The molecular formula is C17H31NO6S. The summed E-state index contributed by atoms with van der Waals surface area (Å²) in [5.41, 5.74) is 0. The maximum Gasteiger partial charge on any atom is 0.337 e. The maximum atomic E-state index is 12.6. The molecule has 0 saturated heterocycles. The van der Waals surface area contributed by atoms with E-state index in [2.05, 4.69) is 0 Å². The summed E-state index contributed by atoms with van der Waals surface area (Å²) in [7, 11) is 0. The molecule has 0 fully saturated rings. The van der Waals surface area contributed by atoms with E-state index in [1.165, 1.54) is 0 Å². The van der Waals surface area contributed by atoms with Crippen LogP contribution in [0.4, 0.5) is 4.79 Å². The molecule has 7 nitrogen and oxygen atoms in total. The van der Waals surface area contributed by atoms with E-state index in [1.54, 1.807) is 32.6 Å². The molecule has 1 N–H and O–H groups in total. The standard InChI is InChI=1S/C17H31NO6S/c1-9(2)18(10(3)4)17(22)25-14(16(21)24-12(7)8)13(19)15(20)23-11(5)6/h9-14,19H,1-8H3/t13-,14-/m1/s1. The highest BCUT2D eigenvalue weighted by atomic mass is 32.2. The Morgan fingerprint density at radius 1 is 0.800 bits per heavy atom. The Hall–Kier alpha value is -1.28. The predicted molar refractivity (Wildman–Crippen MR) is 97.3 cm³/mol. The smallest absolute Gasteiger partial charge is 0.337 e. The first-order valence-electron chi connectivity index (χ1n) is 8.46. The number of hydrogen-bond acceptors (Lipinski definition) is 7. The number of nitrogens with zero attached hydrogens (tertiary/aromatic N) is 1. The van der Waals surface area contributed by atoms with Gasteiger partial charge in [-0.2, -0.15) is 0 Å². The number of esters is 2. The second kappa shape index (κ2) is 10.7. The summed E-state index contributed by atoms with van der Waals surface area (Å²) in [6.07, 6.45) is -2.68. The molecule has 0 aromatic heterocycles. The lowest BCUT2D eigenvalue weighted by atomic mass is 10.2. The lowest BCUT2D eigenvalue weighted by Gasteiger charge is -2.31. The molecule has 0 aliphatic rings. The third-order valence-electron chi connectivity index (χ3n) is 3.02. The Balaban J connectivity index is 5.41. The number of aliphatic hydroxyl groups excluding tert-OH is 1. The highest BCUT2D eigenvalue weighted by Crippen LogP contribution is 2.25. The lowest BCUT2D eigenvalue weighted by Crippen LogP contribution is -2.45. The van der Waals surface area contributed by atoms with Crippen LogP contribution in [0.15, 0.2) is 0 Å². The van der Waals surface area contributed by atoms with Gasteiger partial charge in [0.2, 0.25) is 0 Å². The molecule has 0 aromatic carbocycles. The first kappa shape index (κ1) is 23.7. The summed E-state index contributed by atoms with van der Waals surface area (Å²) in [5.74, 6) is -1.78. The molecule has 25 heavy (non-hydrogen) atoms. The second-order valence-electron chi connectivity index (χ2n) is 6.82. The van der Waals surface area contributed by atoms with Gasteiger partial charge in [0.25, 0.3) is 5.24 Å². The van der Waals surface area contributed by atoms with Gasteiger partial charge in [0.05, 0.1) is 12.2 Å². The van der Waals surface area contributed by atoms with Crippen LogP contribution in [-0.2, 0) is 19.1 Å². The van der Waals surface area contributed by atoms with E-state index in [4.69, 9.17) is 9.47 Å². The van der Waals surface area contributed by atoms with Crippen LogP contribution in [-0.4, -0.2) is 62.8 Å². The minimum Gasteiger partial charge on any atom is -0.462 e. The van der Waals surface area contributed by atoms with E-state index < -0.39 is 40.7 Å². The average molecular weight is 378 g/mol. The van der Waals surface area contributed by atoms with Crippen molar-refractivity contribution in [3.8, 4) is 0 Å². The molecule has 0 rings (SSSR count). The third kappa shape index (κ3) is 8.09. The SMILES string of the molecule is CC(C)OC(=O)[C@H](O)[C@@H](SC(=O)N(C(C)C)C(C)C)C(=O)OC(C)C. The molecule has 0 saturated carbocycles. The summed E-state index contributed by atoms with van der Waals surface area (Å²) < 4.78 is 10.0. The molecule has 0 heterocycles. The molecule has 0 bridgehead atoms. The lowest BCUT2D eigenvalue weighted by molar-refractivity contribution is -0.163. The van der Waals surface area contributed by atoms with Crippen molar-refractivity contribution in [1.82, 2.24) is 4.90 Å². The highest BCUT2D eigenvalue weighted by molar-refractivity contribution is 8.14. The van der Waals surface area contributed by atoms with Crippen LogP contribution in [0.1, 0.15) is 55.4 Å². The predicted octanol–water partition coefficient (Wildman–Crippen LogP) is 2.59. The molecule has 0 aromatic rings. The van der Waals surface area contributed by atoms with Gasteiger partial charge in [-0.05, 0) is 67.2 Å². The molecule has 1 amide bonds. The van der Waals surface area contributed by atoms with Crippen LogP contribution in [0.3, 0.4) is 0 Å². The van der Waals surface area contributed by atoms with Crippen molar-refractivity contribution in [2.75, 3.05) is 0 Å². The number of carbonyl (C=O) groups is 3. The van der Waals surface area contributed by atoms with Crippen LogP contribution in [0, 0.1) is 0 Å². The van der Waals surface area contributed by atoms with Crippen molar-refractivity contribution in [2.24, 2.45) is 0 Å². The zero-order valence-electron chi connectivity index (χ0n) is 16.3. The zero-order chi connectivity index (χ0) is 19.9. The minimum absolute atomic E-state index is 0.0958. The Morgan fingerprint density at radius 3 is 1.56 bits per heavy atom. The Labute approximate surface area is 154 Å². The van der Waals surface area contributed by atoms with Gasteiger partial charge in [-0.3, -0.25) is 9.59 Å². The molecule has 0 aliphatic carbocycles. The summed E-state index contributed by atoms with van der Waals surface area (Å²) in [6, 6.07) is -0.192. The Morgan fingerprint density at radius 2 is 1.20 bits per heavy atom. The van der Waals surface area contributed by atoms with Gasteiger partial charge in [-0.15, -0.1) is 0 Å². The van der Waals surface area contributed by atoms with E-state index in [0.717, 1.165) is 0 Å². The topological polar surface area (TPSA) is 93.1 Å². The molecule has 0 unspecified atom stereocenters. The van der Waals surface area contributed by atoms with E-state index in [0.29, 0.717) is 11.8 Å². The van der Waals surface area contributed by atoms with Gasteiger partial charge >= 0.3 is 11.9 Å². The summed E-state index contributed by atoms with van der Waals surface area (Å²) in [6.45, 7) is 14.0. The molecule has 0 radical (unpaired) electrons. The molecule has 146 valence electrons. The third-order valence-corrected chi connectivity index (χ3v) is 4.13. The van der Waals surface area contributed by atoms with Gasteiger partial charge in [0.15, 0.2) is 6.10 Å². The maximum absolute atomic E-state index is 12.6. The zero-order valence-corrected chi connectivity index (χ0v) is 17.1. The van der Waals surface area contributed by atoms with Crippen molar-refractivity contribution in [1.29, 1.82) is 0 Å².